The van der Waals surface area contributed by atoms with Gasteiger partial charge in [0.15, 0.2) is 0 Å². The zero-order valence-corrected chi connectivity index (χ0v) is 18.6. The predicted molar refractivity (Wildman–Crippen MR) is 113 cm³/mol. The highest BCUT2D eigenvalue weighted by atomic mass is 35.5. The van der Waals surface area contributed by atoms with Crippen molar-refractivity contribution in [3.8, 4) is 0 Å². The van der Waals surface area contributed by atoms with Crippen LogP contribution in [0.3, 0.4) is 0 Å². The molecule has 2 nitrogen and oxygen atoms in total. The van der Waals surface area contributed by atoms with Crippen molar-refractivity contribution in [2.45, 2.75) is 82.5 Å². The Kier molecular flexibility index (Phi) is 6.38. The van der Waals surface area contributed by atoms with E-state index in [2.05, 4.69) is 26.1 Å². The van der Waals surface area contributed by atoms with E-state index in [1.165, 1.54) is 6.07 Å². The molecule has 1 aliphatic carbocycles. The van der Waals surface area contributed by atoms with E-state index in [-0.39, 0.29) is 34.7 Å². The Balaban J connectivity index is 2.10. The van der Waals surface area contributed by atoms with Crippen LogP contribution in [0.1, 0.15) is 58.9 Å². The maximum atomic E-state index is 15.1. The van der Waals surface area contributed by atoms with E-state index in [9.17, 15) is 0 Å². The van der Waals surface area contributed by atoms with E-state index >= 15 is 8.78 Å². The molecular weight excluding hydrogens is 401 g/mol. The maximum Gasteiger partial charge on any atom is 0.129 e. The largest absolute Gasteiger partial charge is 0.320 e. The van der Waals surface area contributed by atoms with Crippen molar-refractivity contribution in [1.82, 2.24) is 5.32 Å². The van der Waals surface area contributed by atoms with Gasteiger partial charge < -0.3 is 11.1 Å². The fourth-order valence-corrected chi connectivity index (χ4v) is 5.96. The van der Waals surface area contributed by atoms with Crippen molar-refractivity contribution in [2.24, 2.45) is 23.0 Å². The van der Waals surface area contributed by atoms with E-state index < -0.39 is 17.5 Å². The highest BCUT2D eigenvalue weighted by Gasteiger charge is 2.58. The van der Waals surface area contributed by atoms with E-state index in [1.807, 2.05) is 6.92 Å². The standard InChI is InChI=1S/C22H32Cl2F2N2/c1-12-20(15-9-13(23)6-8-17(15)25)22(27,19(28-12)11-21(2,3)4)16-7-5-14(24)10-18(16)26/h5,7,10,12-13,15,17,19-20,28H,6,8-9,11,27H2,1-4H3. The Labute approximate surface area is 177 Å². The number of alkyl halides is 2. The monoisotopic (exact) mass is 432 g/mol. The minimum atomic E-state index is -1.04. The number of hydrogen-bond acceptors (Lipinski definition) is 2. The fourth-order valence-electron chi connectivity index (χ4n) is 5.46. The van der Waals surface area contributed by atoms with Gasteiger partial charge in [-0.2, -0.15) is 0 Å². The molecule has 1 aromatic carbocycles. The lowest BCUT2D eigenvalue weighted by Gasteiger charge is -2.45. The van der Waals surface area contributed by atoms with Gasteiger partial charge in [0.25, 0.3) is 0 Å². The van der Waals surface area contributed by atoms with Crippen LogP contribution in [0.25, 0.3) is 0 Å². The number of nitrogens with one attached hydrogen (secondary N) is 1. The molecule has 0 radical (unpaired) electrons. The van der Waals surface area contributed by atoms with Crippen molar-refractivity contribution >= 4 is 23.2 Å². The van der Waals surface area contributed by atoms with Gasteiger partial charge in [-0.15, -0.1) is 11.6 Å². The third-order valence-electron chi connectivity index (χ3n) is 6.55. The molecule has 0 aromatic heterocycles. The minimum Gasteiger partial charge on any atom is -0.320 e. The van der Waals surface area contributed by atoms with Gasteiger partial charge in [0, 0.05) is 34.0 Å². The maximum absolute atomic E-state index is 15.1. The fraction of sp³-hybridized carbons (Fsp3) is 0.727. The lowest BCUT2D eigenvalue weighted by atomic mass is 9.63. The molecule has 0 bridgehead atoms. The Morgan fingerprint density at radius 3 is 2.57 bits per heavy atom. The third kappa shape index (κ3) is 4.21. The van der Waals surface area contributed by atoms with Gasteiger partial charge in [-0.3, -0.25) is 0 Å². The smallest absolute Gasteiger partial charge is 0.129 e. The minimum absolute atomic E-state index is 0.0174. The van der Waals surface area contributed by atoms with E-state index in [0.29, 0.717) is 29.8 Å². The van der Waals surface area contributed by atoms with Gasteiger partial charge in [0.05, 0.1) is 5.54 Å². The summed E-state index contributed by atoms with van der Waals surface area (Å²) >= 11 is 12.4. The Morgan fingerprint density at radius 2 is 1.96 bits per heavy atom. The van der Waals surface area contributed by atoms with Gasteiger partial charge in [-0.25, -0.2) is 8.78 Å². The van der Waals surface area contributed by atoms with Crippen LogP contribution in [0.2, 0.25) is 5.02 Å². The second kappa shape index (κ2) is 8.02. The van der Waals surface area contributed by atoms with E-state index in [0.717, 1.165) is 6.42 Å². The molecule has 6 heteroatoms. The first-order valence-electron chi connectivity index (χ1n) is 10.2. The number of hydrogen-bond donors (Lipinski definition) is 2. The summed E-state index contributed by atoms with van der Waals surface area (Å²) in [6.45, 7) is 8.45. The Bertz CT molecular complexity index is 708. The summed E-state index contributed by atoms with van der Waals surface area (Å²) in [6, 6.07) is 4.43. The average molecular weight is 433 g/mol. The van der Waals surface area contributed by atoms with Gasteiger partial charge in [-0.1, -0.05) is 38.4 Å². The average Bonchev–Trinajstić information content (AvgIpc) is 2.79. The Hall–Kier alpha value is -0.420. The van der Waals surface area contributed by atoms with Gasteiger partial charge in [-0.05, 0) is 56.1 Å². The van der Waals surface area contributed by atoms with Crippen LogP contribution in [-0.2, 0) is 5.54 Å². The van der Waals surface area contributed by atoms with Crippen LogP contribution < -0.4 is 11.1 Å². The second-order valence-corrected chi connectivity index (χ2v) is 11.0. The lowest BCUT2D eigenvalue weighted by Crippen LogP contribution is -2.56. The van der Waals surface area contributed by atoms with Crippen LogP contribution in [0.5, 0.6) is 0 Å². The van der Waals surface area contributed by atoms with E-state index in [4.69, 9.17) is 28.9 Å². The van der Waals surface area contributed by atoms with Crippen LogP contribution in [0, 0.1) is 23.1 Å². The number of benzene rings is 1. The van der Waals surface area contributed by atoms with Gasteiger partial charge in [0.2, 0.25) is 0 Å². The van der Waals surface area contributed by atoms with Crippen LogP contribution >= 0.6 is 23.2 Å². The van der Waals surface area contributed by atoms with Crippen molar-refractivity contribution in [3.63, 3.8) is 0 Å². The molecule has 0 amide bonds. The molecule has 7 atom stereocenters. The number of nitrogens with two attached hydrogens (primary N) is 1. The van der Waals surface area contributed by atoms with Crippen molar-refractivity contribution in [1.29, 1.82) is 0 Å². The van der Waals surface area contributed by atoms with Gasteiger partial charge in [0.1, 0.15) is 12.0 Å². The molecule has 2 aliphatic rings. The summed E-state index contributed by atoms with van der Waals surface area (Å²) in [5.74, 6) is -0.987. The van der Waals surface area contributed by atoms with E-state index in [1.54, 1.807) is 12.1 Å². The SMILES string of the molecule is CC1NC(CC(C)(C)C)C(N)(c2ccc(Cl)cc2F)C1C1CC(Cl)CCC1F. The van der Waals surface area contributed by atoms with Crippen molar-refractivity contribution in [2.75, 3.05) is 0 Å². The molecule has 2 fully saturated rings. The molecule has 1 saturated carbocycles. The topological polar surface area (TPSA) is 38.0 Å². The number of halogens is 4. The third-order valence-corrected chi connectivity index (χ3v) is 7.19. The lowest BCUT2D eigenvalue weighted by molar-refractivity contribution is 0.0686. The molecule has 7 unspecified atom stereocenters. The van der Waals surface area contributed by atoms with Crippen LogP contribution in [0.4, 0.5) is 8.78 Å². The van der Waals surface area contributed by atoms with Crippen molar-refractivity contribution < 1.29 is 8.78 Å². The molecule has 3 N–H and O–H groups in total. The summed E-state index contributed by atoms with van der Waals surface area (Å²) in [6.07, 6.45) is 1.45. The first-order valence-corrected chi connectivity index (χ1v) is 11.0. The molecule has 1 aromatic rings. The van der Waals surface area contributed by atoms with Crippen LogP contribution in [-0.4, -0.2) is 23.6 Å². The molecule has 3 rings (SSSR count). The molecule has 1 aliphatic heterocycles. The summed E-state index contributed by atoms with van der Waals surface area (Å²) in [7, 11) is 0. The van der Waals surface area contributed by atoms with Gasteiger partial charge >= 0.3 is 0 Å². The highest BCUT2D eigenvalue weighted by molar-refractivity contribution is 6.30. The Morgan fingerprint density at radius 1 is 1.29 bits per heavy atom. The first-order chi connectivity index (χ1) is 12.9. The summed E-state index contributed by atoms with van der Waals surface area (Å²) < 4.78 is 30.2. The highest BCUT2D eigenvalue weighted by Crippen LogP contribution is 2.50. The van der Waals surface area contributed by atoms with Crippen molar-refractivity contribution in [3.05, 3.63) is 34.6 Å². The van der Waals surface area contributed by atoms with Crippen LogP contribution in [0.15, 0.2) is 18.2 Å². The molecular formula is C22H32Cl2F2N2. The first kappa shape index (κ1) is 22.3. The molecule has 1 heterocycles. The summed E-state index contributed by atoms with van der Waals surface area (Å²) in [5.41, 5.74) is 6.46. The molecule has 1 saturated heterocycles. The molecule has 0 spiro atoms. The normalized spacial score (nSPS) is 39.3. The summed E-state index contributed by atoms with van der Waals surface area (Å²) in [4.78, 5) is 0. The molecule has 28 heavy (non-hydrogen) atoms. The zero-order valence-electron chi connectivity index (χ0n) is 17.1. The second-order valence-electron chi connectivity index (χ2n) is 9.95. The summed E-state index contributed by atoms with van der Waals surface area (Å²) in [5, 5.41) is 3.85. The number of rotatable bonds is 3. The quantitative estimate of drug-likeness (QED) is 0.592. The predicted octanol–water partition coefficient (Wildman–Crippen LogP) is 5.79. The molecule has 158 valence electrons. The zero-order chi connectivity index (χ0) is 20.9.